The summed E-state index contributed by atoms with van der Waals surface area (Å²) in [5.41, 5.74) is 3.10. The number of anilines is 1. The summed E-state index contributed by atoms with van der Waals surface area (Å²) in [6, 6.07) is 17.8. The molecule has 152 valence electrons. The van der Waals surface area contributed by atoms with E-state index in [2.05, 4.69) is 10.3 Å². The zero-order chi connectivity index (χ0) is 21.1. The summed E-state index contributed by atoms with van der Waals surface area (Å²) in [6.45, 7) is 0. The lowest BCUT2D eigenvalue weighted by molar-refractivity contribution is 0.102. The fourth-order valence-electron chi connectivity index (χ4n) is 3.05. The first-order valence-electron chi connectivity index (χ1n) is 9.19. The normalized spacial score (nSPS) is 10.6. The summed E-state index contributed by atoms with van der Waals surface area (Å²) >= 11 is 0. The summed E-state index contributed by atoms with van der Waals surface area (Å²) in [4.78, 5) is 17.3. The lowest BCUT2D eigenvalue weighted by Gasteiger charge is -2.10. The molecule has 0 spiro atoms. The molecule has 4 rings (SSSR count). The number of methoxy groups -OCH3 is 3. The largest absolute Gasteiger partial charge is 0.497 e. The zero-order valence-electron chi connectivity index (χ0n) is 16.8. The molecular weight excluding hydrogens is 384 g/mol. The molecule has 0 bridgehead atoms. The van der Waals surface area contributed by atoms with Gasteiger partial charge in [-0.15, -0.1) is 0 Å². The minimum absolute atomic E-state index is 0.298. The number of fused-ring (bicyclic) bond motifs is 1. The van der Waals surface area contributed by atoms with Crippen LogP contribution in [0.4, 0.5) is 5.69 Å². The Labute approximate surface area is 173 Å². The van der Waals surface area contributed by atoms with E-state index >= 15 is 0 Å². The van der Waals surface area contributed by atoms with Crippen molar-refractivity contribution in [3.63, 3.8) is 0 Å². The molecule has 0 fully saturated rings. The molecule has 1 amide bonds. The number of aromatic nitrogens is 1. The molecule has 1 aromatic heterocycles. The Bertz CT molecular complexity index is 1200. The average molecular weight is 404 g/mol. The number of oxazole rings is 1. The molecule has 0 aliphatic carbocycles. The number of carbonyl (C=O) groups is 1. The number of nitrogens with zero attached hydrogens (tertiary/aromatic N) is 1. The molecule has 7 nitrogen and oxygen atoms in total. The van der Waals surface area contributed by atoms with Crippen LogP contribution in [0.3, 0.4) is 0 Å². The van der Waals surface area contributed by atoms with Gasteiger partial charge < -0.3 is 23.9 Å². The molecular formula is C23H20N2O5. The van der Waals surface area contributed by atoms with Gasteiger partial charge >= 0.3 is 0 Å². The number of ether oxygens (including phenoxy) is 3. The number of hydrogen-bond donors (Lipinski definition) is 1. The fourth-order valence-corrected chi connectivity index (χ4v) is 3.05. The summed E-state index contributed by atoms with van der Waals surface area (Å²) < 4.78 is 21.5. The van der Waals surface area contributed by atoms with E-state index in [-0.39, 0.29) is 5.91 Å². The van der Waals surface area contributed by atoms with E-state index < -0.39 is 0 Å². The minimum Gasteiger partial charge on any atom is -0.497 e. The summed E-state index contributed by atoms with van der Waals surface area (Å²) in [6.07, 6.45) is 0. The monoisotopic (exact) mass is 404 g/mol. The number of carbonyl (C=O) groups excluding carboxylic acids is 1. The third-order valence-corrected chi connectivity index (χ3v) is 4.64. The van der Waals surface area contributed by atoms with Crippen LogP contribution < -0.4 is 19.5 Å². The van der Waals surface area contributed by atoms with Crippen molar-refractivity contribution < 1.29 is 23.4 Å². The molecule has 4 aromatic rings. The van der Waals surface area contributed by atoms with Gasteiger partial charge in [-0.05, 0) is 54.6 Å². The molecule has 1 N–H and O–H groups in total. The number of amides is 1. The van der Waals surface area contributed by atoms with Gasteiger partial charge in [0, 0.05) is 17.3 Å². The average Bonchev–Trinajstić information content (AvgIpc) is 3.22. The Morgan fingerprint density at radius 1 is 0.867 bits per heavy atom. The second-order valence-corrected chi connectivity index (χ2v) is 6.45. The van der Waals surface area contributed by atoms with E-state index in [1.807, 2.05) is 24.3 Å². The third-order valence-electron chi connectivity index (χ3n) is 4.64. The van der Waals surface area contributed by atoms with Crippen molar-refractivity contribution in [2.75, 3.05) is 26.6 Å². The summed E-state index contributed by atoms with van der Waals surface area (Å²) in [5.74, 6) is 1.99. The highest BCUT2D eigenvalue weighted by Crippen LogP contribution is 2.29. The molecule has 0 atom stereocenters. The van der Waals surface area contributed by atoms with E-state index in [1.54, 1.807) is 50.6 Å². The molecule has 3 aromatic carbocycles. The van der Waals surface area contributed by atoms with Crippen LogP contribution in [0.25, 0.3) is 22.6 Å². The van der Waals surface area contributed by atoms with Gasteiger partial charge in [-0.25, -0.2) is 4.98 Å². The number of hydrogen-bond acceptors (Lipinski definition) is 6. The highest BCUT2D eigenvalue weighted by atomic mass is 16.5. The van der Waals surface area contributed by atoms with Crippen molar-refractivity contribution >= 4 is 22.7 Å². The lowest BCUT2D eigenvalue weighted by Crippen LogP contribution is -2.13. The predicted octanol–water partition coefficient (Wildman–Crippen LogP) is 4.77. The summed E-state index contributed by atoms with van der Waals surface area (Å²) in [7, 11) is 4.68. The number of rotatable bonds is 6. The first kappa shape index (κ1) is 19.3. The molecule has 30 heavy (non-hydrogen) atoms. The smallest absolute Gasteiger partial charge is 0.259 e. The zero-order valence-corrected chi connectivity index (χ0v) is 16.8. The van der Waals surface area contributed by atoms with Crippen LogP contribution in [0.2, 0.25) is 0 Å². The second kappa shape index (κ2) is 8.16. The van der Waals surface area contributed by atoms with E-state index in [0.717, 1.165) is 11.3 Å². The quantitative estimate of drug-likeness (QED) is 0.498. The van der Waals surface area contributed by atoms with Gasteiger partial charge in [0.2, 0.25) is 5.89 Å². The van der Waals surface area contributed by atoms with E-state index in [4.69, 9.17) is 18.6 Å². The molecule has 0 radical (unpaired) electrons. The van der Waals surface area contributed by atoms with Crippen LogP contribution in [0.5, 0.6) is 17.2 Å². The van der Waals surface area contributed by atoms with Crippen LogP contribution in [0.15, 0.2) is 65.1 Å². The third kappa shape index (κ3) is 3.77. The number of benzene rings is 3. The van der Waals surface area contributed by atoms with Gasteiger partial charge in [-0.1, -0.05) is 0 Å². The molecule has 0 aliphatic heterocycles. The number of nitrogens with one attached hydrogen (secondary N) is 1. The highest BCUT2D eigenvalue weighted by Gasteiger charge is 2.15. The SMILES string of the molecule is COc1ccc(-c2nc3cc(NC(=O)c4ccc(OC)cc4OC)ccc3o2)cc1. The fraction of sp³-hybridized carbons (Fsp3) is 0.130. The van der Waals surface area contributed by atoms with E-state index in [1.165, 1.54) is 7.11 Å². The first-order chi connectivity index (χ1) is 14.6. The van der Waals surface area contributed by atoms with Gasteiger partial charge in [0.15, 0.2) is 5.58 Å². The molecule has 7 heteroatoms. The van der Waals surface area contributed by atoms with Crippen molar-refractivity contribution in [1.82, 2.24) is 4.98 Å². The van der Waals surface area contributed by atoms with E-state index in [0.29, 0.717) is 39.7 Å². The maximum absolute atomic E-state index is 12.7. The molecule has 0 unspecified atom stereocenters. The van der Waals surface area contributed by atoms with Crippen molar-refractivity contribution in [1.29, 1.82) is 0 Å². The van der Waals surface area contributed by atoms with Gasteiger partial charge in [0.25, 0.3) is 5.91 Å². The van der Waals surface area contributed by atoms with Crippen LogP contribution in [0.1, 0.15) is 10.4 Å². The van der Waals surface area contributed by atoms with Crippen LogP contribution >= 0.6 is 0 Å². The van der Waals surface area contributed by atoms with Gasteiger partial charge in [0.1, 0.15) is 22.8 Å². The van der Waals surface area contributed by atoms with Crippen molar-refractivity contribution in [2.45, 2.75) is 0 Å². The van der Waals surface area contributed by atoms with Gasteiger partial charge in [0.05, 0.1) is 26.9 Å². The van der Waals surface area contributed by atoms with Gasteiger partial charge in [-0.3, -0.25) is 4.79 Å². The Balaban J connectivity index is 1.58. The van der Waals surface area contributed by atoms with Crippen LogP contribution in [-0.2, 0) is 0 Å². The summed E-state index contributed by atoms with van der Waals surface area (Å²) in [5, 5.41) is 2.87. The predicted molar refractivity (Wildman–Crippen MR) is 113 cm³/mol. The van der Waals surface area contributed by atoms with Crippen molar-refractivity contribution in [2.24, 2.45) is 0 Å². The van der Waals surface area contributed by atoms with Crippen molar-refractivity contribution in [3.8, 4) is 28.7 Å². The minimum atomic E-state index is -0.298. The Kier molecular flexibility index (Phi) is 5.26. The topological polar surface area (TPSA) is 82.8 Å². The molecule has 1 heterocycles. The van der Waals surface area contributed by atoms with Crippen LogP contribution in [-0.4, -0.2) is 32.2 Å². The van der Waals surface area contributed by atoms with Crippen LogP contribution in [0, 0.1) is 0 Å². The Morgan fingerprint density at radius 2 is 1.60 bits per heavy atom. The molecule has 0 saturated heterocycles. The molecule has 0 aliphatic rings. The van der Waals surface area contributed by atoms with Gasteiger partial charge in [-0.2, -0.15) is 0 Å². The lowest BCUT2D eigenvalue weighted by atomic mass is 10.1. The van der Waals surface area contributed by atoms with Crippen molar-refractivity contribution in [3.05, 3.63) is 66.2 Å². The maximum atomic E-state index is 12.7. The van der Waals surface area contributed by atoms with E-state index in [9.17, 15) is 4.79 Å². The second-order valence-electron chi connectivity index (χ2n) is 6.45. The standard InChI is InChI=1S/C23H20N2O5/c1-27-16-7-4-14(5-8-16)23-25-19-12-15(6-11-20(19)30-23)24-22(26)18-10-9-17(28-2)13-21(18)29-3/h4-13H,1-3H3,(H,24,26). The Morgan fingerprint density at radius 3 is 2.30 bits per heavy atom. The highest BCUT2D eigenvalue weighted by molar-refractivity contribution is 6.06. The molecule has 0 saturated carbocycles. The Hall–Kier alpha value is -4.00. The maximum Gasteiger partial charge on any atom is 0.259 e. The first-order valence-corrected chi connectivity index (χ1v) is 9.19.